The minimum Gasteiger partial charge on any atom is -0.497 e. The number of hydrogen-bond donors (Lipinski definition) is 3. The predicted octanol–water partition coefficient (Wildman–Crippen LogP) is 6.67. The first-order chi connectivity index (χ1) is 20.6. The lowest BCUT2D eigenvalue weighted by Crippen LogP contribution is -2.12. The number of aromatic amines is 2. The second-order valence-corrected chi connectivity index (χ2v) is 10.0. The Bertz CT molecular complexity index is 2030. The molecule has 2 aromatic carbocycles. The van der Waals surface area contributed by atoms with Crippen LogP contribution in [0, 0.1) is 5.82 Å². The summed E-state index contributed by atoms with van der Waals surface area (Å²) in [4.78, 5) is 17.0. The minimum absolute atomic E-state index is 0.367. The third kappa shape index (κ3) is 4.97. The molecule has 0 unspecified atom stereocenters. The van der Waals surface area contributed by atoms with E-state index in [4.69, 9.17) is 4.74 Å². The Morgan fingerprint density at radius 1 is 0.833 bits per heavy atom. The Balaban J connectivity index is 1.21. The fraction of sp³-hybridized carbons (Fsp3) is 0.0909. The van der Waals surface area contributed by atoms with E-state index in [1.54, 1.807) is 12.4 Å². The molecule has 0 aliphatic carbocycles. The number of fused-ring (bicyclic) bond motifs is 2. The van der Waals surface area contributed by atoms with Crippen molar-refractivity contribution in [3.05, 3.63) is 115 Å². The quantitative estimate of drug-likeness (QED) is 0.194. The van der Waals surface area contributed by atoms with Crippen molar-refractivity contribution in [2.75, 3.05) is 7.11 Å². The molecule has 0 amide bonds. The van der Waals surface area contributed by atoms with E-state index in [0.717, 1.165) is 56.6 Å². The van der Waals surface area contributed by atoms with Gasteiger partial charge in [0.05, 0.1) is 30.2 Å². The van der Waals surface area contributed by atoms with E-state index in [-0.39, 0.29) is 5.82 Å². The van der Waals surface area contributed by atoms with Crippen LogP contribution in [0.4, 0.5) is 4.39 Å². The average molecular weight is 556 g/mol. The van der Waals surface area contributed by atoms with Gasteiger partial charge in [0.15, 0.2) is 0 Å². The Kier molecular flexibility index (Phi) is 6.61. The maximum Gasteiger partial charge on any atom is 0.138 e. The van der Waals surface area contributed by atoms with Crippen LogP contribution in [0.1, 0.15) is 11.1 Å². The summed E-state index contributed by atoms with van der Waals surface area (Å²) < 4.78 is 19.6. The Morgan fingerprint density at radius 2 is 1.71 bits per heavy atom. The zero-order valence-electron chi connectivity index (χ0n) is 22.7. The normalized spacial score (nSPS) is 11.4. The zero-order chi connectivity index (χ0) is 28.5. The monoisotopic (exact) mass is 555 g/mol. The van der Waals surface area contributed by atoms with Crippen molar-refractivity contribution in [2.45, 2.75) is 13.1 Å². The van der Waals surface area contributed by atoms with Crippen LogP contribution in [-0.2, 0) is 13.1 Å². The number of rotatable bonds is 8. The molecule has 0 spiro atoms. The maximum absolute atomic E-state index is 14.3. The summed E-state index contributed by atoms with van der Waals surface area (Å²) >= 11 is 0. The maximum atomic E-state index is 14.3. The lowest BCUT2D eigenvalue weighted by molar-refractivity contribution is 0.411. The van der Waals surface area contributed by atoms with E-state index < -0.39 is 0 Å². The molecule has 0 saturated heterocycles. The number of H-pyrrole nitrogens is 2. The second-order valence-electron chi connectivity index (χ2n) is 10.0. The van der Waals surface area contributed by atoms with E-state index in [1.165, 1.54) is 24.8 Å². The molecular formula is C33H26FN7O. The summed E-state index contributed by atoms with van der Waals surface area (Å²) in [5, 5.41) is 12.9. The van der Waals surface area contributed by atoms with Crippen LogP contribution < -0.4 is 10.1 Å². The van der Waals surface area contributed by atoms with Gasteiger partial charge in [-0.25, -0.2) is 9.37 Å². The van der Waals surface area contributed by atoms with E-state index in [0.29, 0.717) is 23.5 Å². The molecule has 0 aliphatic rings. The second kappa shape index (κ2) is 10.9. The SMILES string of the molecule is COc1cc(F)cc(-c2ccnc3[nH]c(-c4n[nH]c5cnc(-c6cncc(CNCc7ccccc7)c6)cc45)cc23)c1. The number of nitrogens with zero attached hydrogens (tertiary/aromatic N) is 4. The van der Waals surface area contributed by atoms with Crippen LogP contribution >= 0.6 is 0 Å². The van der Waals surface area contributed by atoms with Gasteiger partial charge in [-0.3, -0.25) is 15.1 Å². The van der Waals surface area contributed by atoms with Gasteiger partial charge in [0.2, 0.25) is 0 Å². The van der Waals surface area contributed by atoms with Crippen molar-refractivity contribution < 1.29 is 9.13 Å². The molecule has 42 heavy (non-hydrogen) atoms. The van der Waals surface area contributed by atoms with Gasteiger partial charge in [-0.2, -0.15) is 5.10 Å². The van der Waals surface area contributed by atoms with Crippen molar-refractivity contribution in [3.8, 4) is 39.5 Å². The van der Waals surface area contributed by atoms with Crippen molar-refractivity contribution in [2.24, 2.45) is 0 Å². The molecule has 0 bridgehead atoms. The Hall–Kier alpha value is -5.41. The number of benzene rings is 2. The summed E-state index contributed by atoms with van der Waals surface area (Å²) in [6.07, 6.45) is 7.18. The lowest BCUT2D eigenvalue weighted by Gasteiger charge is -2.07. The molecule has 8 nitrogen and oxygen atoms in total. The number of halogens is 1. The minimum atomic E-state index is -0.367. The van der Waals surface area contributed by atoms with E-state index >= 15 is 0 Å². The molecule has 0 fully saturated rings. The predicted molar refractivity (Wildman–Crippen MR) is 161 cm³/mol. The molecule has 7 rings (SSSR count). The van der Waals surface area contributed by atoms with Gasteiger partial charge < -0.3 is 15.0 Å². The van der Waals surface area contributed by atoms with Crippen molar-refractivity contribution in [3.63, 3.8) is 0 Å². The van der Waals surface area contributed by atoms with Crippen LogP contribution in [0.2, 0.25) is 0 Å². The first-order valence-corrected chi connectivity index (χ1v) is 13.5. The van der Waals surface area contributed by atoms with Gasteiger partial charge in [0.25, 0.3) is 0 Å². The van der Waals surface area contributed by atoms with Gasteiger partial charge in [0.1, 0.15) is 22.9 Å². The smallest absolute Gasteiger partial charge is 0.138 e. The van der Waals surface area contributed by atoms with Crippen LogP contribution in [0.5, 0.6) is 5.75 Å². The molecule has 0 aliphatic heterocycles. The zero-order valence-corrected chi connectivity index (χ0v) is 22.7. The fourth-order valence-electron chi connectivity index (χ4n) is 5.19. The van der Waals surface area contributed by atoms with Gasteiger partial charge in [-0.1, -0.05) is 30.3 Å². The van der Waals surface area contributed by atoms with Crippen LogP contribution in [0.15, 0.2) is 97.6 Å². The van der Waals surface area contributed by atoms with Gasteiger partial charge >= 0.3 is 0 Å². The molecule has 9 heteroatoms. The van der Waals surface area contributed by atoms with Gasteiger partial charge in [-0.15, -0.1) is 0 Å². The van der Waals surface area contributed by atoms with Crippen LogP contribution in [0.3, 0.4) is 0 Å². The Labute approximate surface area is 240 Å². The summed E-state index contributed by atoms with van der Waals surface area (Å²) in [6.45, 7) is 1.47. The highest BCUT2D eigenvalue weighted by Crippen LogP contribution is 2.35. The molecule has 206 valence electrons. The highest BCUT2D eigenvalue weighted by atomic mass is 19.1. The standard InChI is InChI=1S/C33H26FN7O/c1-42-25-11-22(10-24(34)12-25)26-7-8-37-33-27(26)13-30(39-33)32-28-14-29(38-19-31(28)40-41-32)23-9-21(17-36-18-23)16-35-15-20-5-3-2-4-6-20/h2-14,17-19,35H,15-16H2,1H3,(H,37,39)(H,40,41). The number of hydrogen-bond acceptors (Lipinski definition) is 6. The van der Waals surface area contributed by atoms with E-state index in [9.17, 15) is 4.39 Å². The number of nitrogens with one attached hydrogen (secondary N) is 3. The highest BCUT2D eigenvalue weighted by molar-refractivity contribution is 6.00. The molecule has 7 aromatic rings. The average Bonchev–Trinajstić information content (AvgIpc) is 3.65. The van der Waals surface area contributed by atoms with E-state index in [1.807, 2.05) is 54.9 Å². The van der Waals surface area contributed by atoms with Gasteiger partial charge in [-0.05, 0) is 58.7 Å². The first kappa shape index (κ1) is 25.6. The summed E-state index contributed by atoms with van der Waals surface area (Å²) in [5.74, 6) is 0.0866. The molecule has 0 radical (unpaired) electrons. The molecule has 5 aromatic heterocycles. The largest absolute Gasteiger partial charge is 0.497 e. The lowest BCUT2D eigenvalue weighted by atomic mass is 10.0. The molecule has 0 saturated carbocycles. The summed E-state index contributed by atoms with van der Waals surface area (Å²) in [7, 11) is 1.52. The summed E-state index contributed by atoms with van der Waals surface area (Å²) in [5.41, 5.74) is 8.57. The molecular weight excluding hydrogens is 529 g/mol. The van der Waals surface area contributed by atoms with Crippen molar-refractivity contribution in [1.29, 1.82) is 0 Å². The highest BCUT2D eigenvalue weighted by Gasteiger charge is 2.16. The molecule has 5 heterocycles. The number of aromatic nitrogens is 6. The van der Waals surface area contributed by atoms with E-state index in [2.05, 4.69) is 53.6 Å². The number of pyridine rings is 3. The molecule has 3 N–H and O–H groups in total. The van der Waals surface area contributed by atoms with Crippen LogP contribution in [-0.4, -0.2) is 37.2 Å². The van der Waals surface area contributed by atoms with Crippen molar-refractivity contribution in [1.82, 2.24) is 35.5 Å². The number of ether oxygens (including phenoxy) is 1. The first-order valence-electron chi connectivity index (χ1n) is 13.5. The van der Waals surface area contributed by atoms with Crippen molar-refractivity contribution >= 4 is 21.9 Å². The third-order valence-electron chi connectivity index (χ3n) is 7.24. The number of methoxy groups -OCH3 is 1. The van der Waals surface area contributed by atoms with Gasteiger partial charge in [0, 0.05) is 54.1 Å². The topological polar surface area (TPSA) is 104 Å². The van der Waals surface area contributed by atoms with Crippen LogP contribution in [0.25, 0.3) is 55.7 Å². The summed E-state index contributed by atoms with van der Waals surface area (Å²) in [6, 6.07) is 22.9. The Morgan fingerprint density at radius 3 is 2.60 bits per heavy atom. The fourth-order valence-corrected chi connectivity index (χ4v) is 5.19. The molecule has 0 atom stereocenters. The third-order valence-corrected chi connectivity index (χ3v) is 7.24.